The fourth-order valence-corrected chi connectivity index (χ4v) is 2.83. The third-order valence-corrected chi connectivity index (χ3v) is 4.01. The number of nitrogens with one attached hydrogen (secondary N) is 1. The minimum atomic E-state index is -0.177. The average Bonchev–Trinajstić information content (AvgIpc) is 2.52. The summed E-state index contributed by atoms with van der Waals surface area (Å²) in [7, 11) is 4.88. The van der Waals surface area contributed by atoms with E-state index in [1.807, 2.05) is 12.1 Å². The summed E-state index contributed by atoms with van der Waals surface area (Å²) in [5, 5.41) is 13.2. The molecule has 1 fully saturated rings. The van der Waals surface area contributed by atoms with Crippen LogP contribution in [0.3, 0.4) is 0 Å². The minimum Gasteiger partial charge on any atom is -0.496 e. The van der Waals surface area contributed by atoms with E-state index in [2.05, 4.69) is 5.32 Å². The molecule has 1 aliphatic carbocycles. The molecule has 0 amide bonds. The van der Waals surface area contributed by atoms with Gasteiger partial charge < -0.3 is 24.6 Å². The molecule has 0 saturated heterocycles. The second kappa shape index (κ2) is 7.52. The van der Waals surface area contributed by atoms with Crippen molar-refractivity contribution in [2.75, 3.05) is 21.3 Å². The Hall–Kier alpha value is -1.46. The number of aliphatic hydroxyl groups is 1. The number of hydrogen-bond donors (Lipinski definition) is 2. The maximum Gasteiger partial charge on any atom is 0.164 e. The van der Waals surface area contributed by atoms with Gasteiger partial charge in [-0.1, -0.05) is 0 Å². The average molecular weight is 295 g/mol. The molecule has 2 unspecified atom stereocenters. The van der Waals surface area contributed by atoms with E-state index < -0.39 is 0 Å². The first-order valence-corrected chi connectivity index (χ1v) is 7.38. The van der Waals surface area contributed by atoms with Gasteiger partial charge in [0.05, 0.1) is 27.4 Å². The third kappa shape index (κ3) is 4.02. The Morgan fingerprint density at radius 2 is 1.71 bits per heavy atom. The van der Waals surface area contributed by atoms with Crippen LogP contribution in [0.25, 0.3) is 0 Å². The second-order valence-corrected chi connectivity index (χ2v) is 5.42. The molecule has 1 aliphatic rings. The molecule has 0 spiro atoms. The van der Waals surface area contributed by atoms with E-state index in [1.165, 1.54) is 0 Å². The molecule has 1 saturated carbocycles. The van der Waals surface area contributed by atoms with Gasteiger partial charge >= 0.3 is 0 Å². The van der Waals surface area contributed by atoms with Crippen molar-refractivity contribution in [1.82, 2.24) is 5.32 Å². The van der Waals surface area contributed by atoms with Gasteiger partial charge in [-0.3, -0.25) is 0 Å². The van der Waals surface area contributed by atoms with Crippen LogP contribution in [0, 0.1) is 0 Å². The lowest BCUT2D eigenvalue weighted by Crippen LogP contribution is -2.35. The number of hydrogen-bond acceptors (Lipinski definition) is 5. The maximum atomic E-state index is 9.73. The predicted octanol–water partition coefficient (Wildman–Crippen LogP) is 2.11. The maximum absolute atomic E-state index is 9.73. The summed E-state index contributed by atoms with van der Waals surface area (Å²) in [6, 6.07) is 4.13. The van der Waals surface area contributed by atoms with E-state index in [1.54, 1.807) is 21.3 Å². The van der Waals surface area contributed by atoms with E-state index in [0.29, 0.717) is 24.1 Å². The fourth-order valence-electron chi connectivity index (χ4n) is 2.83. The molecule has 0 radical (unpaired) electrons. The third-order valence-electron chi connectivity index (χ3n) is 4.01. The van der Waals surface area contributed by atoms with Crippen LogP contribution in [0.5, 0.6) is 17.2 Å². The molecule has 5 heteroatoms. The molecule has 0 heterocycles. The normalized spacial score (nSPS) is 21.9. The van der Waals surface area contributed by atoms with E-state index in [-0.39, 0.29) is 6.10 Å². The van der Waals surface area contributed by atoms with Gasteiger partial charge in [0.15, 0.2) is 11.5 Å². The topological polar surface area (TPSA) is 60.0 Å². The lowest BCUT2D eigenvalue weighted by molar-refractivity contribution is 0.111. The molecule has 0 bridgehead atoms. The Labute approximate surface area is 126 Å². The number of ether oxygens (including phenoxy) is 3. The molecule has 1 aromatic carbocycles. The summed E-state index contributed by atoms with van der Waals surface area (Å²) in [5.41, 5.74) is 1.02. The van der Waals surface area contributed by atoms with Crippen molar-refractivity contribution in [2.45, 2.75) is 44.4 Å². The first kappa shape index (κ1) is 15.9. The molecule has 2 rings (SSSR count). The zero-order valence-electron chi connectivity index (χ0n) is 13.0. The van der Waals surface area contributed by atoms with Gasteiger partial charge in [-0.15, -0.1) is 0 Å². The monoisotopic (exact) mass is 295 g/mol. The number of methoxy groups -OCH3 is 3. The van der Waals surface area contributed by atoms with Crippen molar-refractivity contribution in [2.24, 2.45) is 0 Å². The Morgan fingerprint density at radius 1 is 1.05 bits per heavy atom. The lowest BCUT2D eigenvalue weighted by atomic mass is 9.93. The zero-order chi connectivity index (χ0) is 15.2. The highest BCUT2D eigenvalue weighted by Gasteiger charge is 2.20. The van der Waals surface area contributed by atoms with Crippen LogP contribution in [-0.4, -0.2) is 38.6 Å². The van der Waals surface area contributed by atoms with Crippen molar-refractivity contribution in [3.8, 4) is 17.2 Å². The Kier molecular flexibility index (Phi) is 5.70. The summed E-state index contributed by atoms with van der Waals surface area (Å²) in [4.78, 5) is 0. The standard InChI is InChI=1S/C16H25NO4/c1-19-14-9-16(21-3)15(20-2)7-11(14)10-17-12-5-4-6-13(18)8-12/h7,9,12-13,17-18H,4-6,8,10H2,1-3H3. The molecular weight excluding hydrogens is 270 g/mol. The highest BCUT2D eigenvalue weighted by molar-refractivity contribution is 5.50. The Balaban J connectivity index is 2.07. The van der Waals surface area contributed by atoms with Gasteiger partial charge in [-0.05, 0) is 31.7 Å². The largest absolute Gasteiger partial charge is 0.496 e. The quantitative estimate of drug-likeness (QED) is 0.841. The van der Waals surface area contributed by atoms with Gasteiger partial charge in [0, 0.05) is 24.2 Å². The van der Waals surface area contributed by atoms with Crippen LogP contribution in [-0.2, 0) is 6.54 Å². The highest BCUT2D eigenvalue weighted by atomic mass is 16.5. The van der Waals surface area contributed by atoms with E-state index in [4.69, 9.17) is 14.2 Å². The molecule has 2 atom stereocenters. The highest BCUT2D eigenvalue weighted by Crippen LogP contribution is 2.34. The number of benzene rings is 1. The first-order chi connectivity index (χ1) is 10.2. The summed E-state index contributed by atoms with van der Waals surface area (Å²) < 4.78 is 16.0. The fraction of sp³-hybridized carbons (Fsp3) is 0.625. The minimum absolute atomic E-state index is 0.177. The van der Waals surface area contributed by atoms with Crippen molar-refractivity contribution >= 4 is 0 Å². The van der Waals surface area contributed by atoms with Crippen molar-refractivity contribution in [1.29, 1.82) is 0 Å². The Morgan fingerprint density at radius 3 is 2.33 bits per heavy atom. The number of aliphatic hydroxyl groups excluding tert-OH is 1. The van der Waals surface area contributed by atoms with Crippen LogP contribution < -0.4 is 19.5 Å². The van der Waals surface area contributed by atoms with Crippen LogP contribution in [0.1, 0.15) is 31.2 Å². The Bertz CT molecular complexity index is 464. The van der Waals surface area contributed by atoms with E-state index >= 15 is 0 Å². The van der Waals surface area contributed by atoms with Crippen LogP contribution >= 0.6 is 0 Å². The molecule has 0 aromatic heterocycles. The lowest BCUT2D eigenvalue weighted by Gasteiger charge is -2.27. The van der Waals surface area contributed by atoms with Crippen molar-refractivity contribution in [3.05, 3.63) is 17.7 Å². The van der Waals surface area contributed by atoms with Crippen LogP contribution in [0.2, 0.25) is 0 Å². The van der Waals surface area contributed by atoms with Gasteiger partial charge in [0.25, 0.3) is 0 Å². The smallest absolute Gasteiger partial charge is 0.164 e. The summed E-state index contributed by atoms with van der Waals surface area (Å²) in [5.74, 6) is 2.13. The summed E-state index contributed by atoms with van der Waals surface area (Å²) in [6.45, 7) is 0.681. The summed E-state index contributed by atoms with van der Waals surface area (Å²) >= 11 is 0. The van der Waals surface area contributed by atoms with Gasteiger partial charge in [0.2, 0.25) is 0 Å². The van der Waals surface area contributed by atoms with Gasteiger partial charge in [0.1, 0.15) is 5.75 Å². The molecule has 2 N–H and O–H groups in total. The molecule has 21 heavy (non-hydrogen) atoms. The summed E-state index contributed by atoms with van der Waals surface area (Å²) in [6.07, 6.45) is 3.73. The van der Waals surface area contributed by atoms with Crippen LogP contribution in [0.4, 0.5) is 0 Å². The molecule has 0 aliphatic heterocycles. The second-order valence-electron chi connectivity index (χ2n) is 5.42. The SMILES string of the molecule is COc1cc(OC)c(OC)cc1CNC1CCCC(O)C1. The molecular formula is C16H25NO4. The molecule has 118 valence electrons. The van der Waals surface area contributed by atoms with Crippen molar-refractivity contribution < 1.29 is 19.3 Å². The van der Waals surface area contributed by atoms with Crippen molar-refractivity contribution in [3.63, 3.8) is 0 Å². The molecule has 1 aromatic rings. The van der Waals surface area contributed by atoms with Gasteiger partial charge in [-0.25, -0.2) is 0 Å². The zero-order valence-corrected chi connectivity index (χ0v) is 13.0. The predicted molar refractivity (Wildman–Crippen MR) is 81.2 cm³/mol. The van der Waals surface area contributed by atoms with E-state index in [0.717, 1.165) is 37.0 Å². The first-order valence-electron chi connectivity index (χ1n) is 7.38. The molecule has 5 nitrogen and oxygen atoms in total. The van der Waals surface area contributed by atoms with Gasteiger partial charge in [-0.2, -0.15) is 0 Å². The number of rotatable bonds is 6. The van der Waals surface area contributed by atoms with E-state index in [9.17, 15) is 5.11 Å². The van der Waals surface area contributed by atoms with Crippen LogP contribution in [0.15, 0.2) is 12.1 Å².